The summed E-state index contributed by atoms with van der Waals surface area (Å²) in [4.78, 5) is 32.3. The zero-order chi connectivity index (χ0) is 27.6. The fourth-order valence-corrected chi connectivity index (χ4v) is 5.40. The average Bonchev–Trinajstić information content (AvgIpc) is 3.40. The highest BCUT2D eigenvalue weighted by Gasteiger charge is 2.37. The van der Waals surface area contributed by atoms with Crippen molar-refractivity contribution in [2.24, 2.45) is 5.41 Å². The van der Waals surface area contributed by atoms with Gasteiger partial charge < -0.3 is 15.0 Å². The lowest BCUT2D eigenvalue weighted by Gasteiger charge is -2.41. The second-order valence-corrected chi connectivity index (χ2v) is 11.5. The number of aromatic nitrogens is 1. The second kappa shape index (κ2) is 11.0. The van der Waals surface area contributed by atoms with E-state index in [0.29, 0.717) is 35.1 Å². The standard InChI is InChI=1S/C31H30FN3O3S/c1-31(2,3)30(37)35-15-14-20-12-13-24(17-25(20)28(35)21-8-7-9-22(32)16-21)38-18-27-34-26(19-39-27)29(36)33-23-10-5-4-6-11-23/h4-13,16-17,19,28H,14-15,18H2,1-3H3,(H,33,36)/t28-/m1/s1. The summed E-state index contributed by atoms with van der Waals surface area (Å²) >= 11 is 1.35. The molecule has 200 valence electrons. The minimum absolute atomic E-state index is 0.0119. The summed E-state index contributed by atoms with van der Waals surface area (Å²) in [6.45, 7) is 6.44. The minimum atomic E-state index is -0.577. The number of nitrogens with one attached hydrogen (secondary N) is 1. The molecule has 0 radical (unpaired) electrons. The van der Waals surface area contributed by atoms with Gasteiger partial charge in [0.05, 0.1) is 6.04 Å². The molecule has 0 spiro atoms. The van der Waals surface area contributed by atoms with E-state index in [1.54, 1.807) is 11.4 Å². The quantitative estimate of drug-likeness (QED) is 0.296. The molecule has 6 nitrogen and oxygen atoms in total. The molecule has 8 heteroatoms. The summed E-state index contributed by atoms with van der Waals surface area (Å²) in [6, 6.07) is 21.1. The van der Waals surface area contributed by atoms with E-state index in [-0.39, 0.29) is 24.2 Å². The van der Waals surface area contributed by atoms with Gasteiger partial charge in [-0.3, -0.25) is 9.59 Å². The van der Waals surface area contributed by atoms with Crippen molar-refractivity contribution in [3.05, 3.63) is 111 Å². The number of carbonyl (C=O) groups is 2. The summed E-state index contributed by atoms with van der Waals surface area (Å²) < 4.78 is 20.3. The summed E-state index contributed by atoms with van der Waals surface area (Å²) in [5, 5.41) is 5.21. The molecular formula is C31H30FN3O3S. The van der Waals surface area contributed by atoms with E-state index in [1.165, 1.54) is 23.5 Å². The third kappa shape index (κ3) is 6.01. The Hall–Kier alpha value is -4.04. The van der Waals surface area contributed by atoms with Crippen LogP contribution in [0.5, 0.6) is 5.75 Å². The molecule has 1 aliphatic heterocycles. The Balaban J connectivity index is 1.36. The Kier molecular flexibility index (Phi) is 7.48. The van der Waals surface area contributed by atoms with Gasteiger partial charge in [-0.05, 0) is 59.5 Å². The van der Waals surface area contributed by atoms with Crippen LogP contribution in [0.25, 0.3) is 0 Å². The number of thiazole rings is 1. The van der Waals surface area contributed by atoms with Crippen LogP contribution in [0.15, 0.2) is 78.2 Å². The van der Waals surface area contributed by atoms with Gasteiger partial charge in [0.15, 0.2) is 0 Å². The van der Waals surface area contributed by atoms with Crippen LogP contribution in [-0.2, 0) is 17.8 Å². The van der Waals surface area contributed by atoms with Crippen molar-refractivity contribution >= 4 is 28.8 Å². The number of halogens is 1. The molecule has 0 unspecified atom stereocenters. The number of nitrogens with zero attached hydrogens (tertiary/aromatic N) is 2. The molecule has 39 heavy (non-hydrogen) atoms. The maximum absolute atomic E-state index is 14.3. The average molecular weight is 544 g/mol. The summed E-state index contributed by atoms with van der Waals surface area (Å²) in [5.74, 6) is 0.00797. The zero-order valence-electron chi connectivity index (χ0n) is 22.1. The van der Waals surface area contributed by atoms with Gasteiger partial charge in [0, 0.05) is 23.0 Å². The van der Waals surface area contributed by atoms with Crippen molar-refractivity contribution in [1.29, 1.82) is 0 Å². The van der Waals surface area contributed by atoms with Crippen molar-refractivity contribution in [3.63, 3.8) is 0 Å². The van der Waals surface area contributed by atoms with Crippen molar-refractivity contribution < 1.29 is 18.7 Å². The molecule has 0 saturated carbocycles. The number of benzene rings is 3. The van der Waals surface area contributed by atoms with Gasteiger partial charge in [0.2, 0.25) is 5.91 Å². The maximum atomic E-state index is 14.3. The molecule has 0 aliphatic carbocycles. The Morgan fingerprint density at radius 2 is 1.87 bits per heavy atom. The van der Waals surface area contributed by atoms with Crippen molar-refractivity contribution in [2.75, 3.05) is 11.9 Å². The summed E-state index contributed by atoms with van der Waals surface area (Å²) in [6.07, 6.45) is 0.704. The third-order valence-electron chi connectivity index (χ3n) is 6.59. The van der Waals surface area contributed by atoms with Crippen molar-refractivity contribution in [3.8, 4) is 5.75 Å². The monoisotopic (exact) mass is 543 g/mol. The van der Waals surface area contributed by atoms with E-state index >= 15 is 0 Å². The first-order valence-corrected chi connectivity index (χ1v) is 13.7. The number of para-hydroxylation sites is 1. The van der Waals surface area contributed by atoms with Gasteiger partial charge in [-0.1, -0.05) is 57.2 Å². The first-order chi connectivity index (χ1) is 18.7. The lowest BCUT2D eigenvalue weighted by atomic mass is 9.85. The van der Waals surface area contributed by atoms with E-state index in [0.717, 1.165) is 16.7 Å². The Labute approximate surface area is 231 Å². The van der Waals surface area contributed by atoms with Crippen LogP contribution in [0, 0.1) is 11.2 Å². The van der Waals surface area contributed by atoms with E-state index < -0.39 is 11.5 Å². The zero-order valence-corrected chi connectivity index (χ0v) is 22.9. The van der Waals surface area contributed by atoms with Gasteiger partial charge in [-0.15, -0.1) is 11.3 Å². The number of hydrogen-bond acceptors (Lipinski definition) is 5. The van der Waals surface area contributed by atoms with E-state index in [4.69, 9.17) is 4.74 Å². The predicted molar refractivity (Wildman–Crippen MR) is 150 cm³/mol. The molecule has 2 amide bonds. The summed E-state index contributed by atoms with van der Waals surface area (Å²) in [5.41, 5.74) is 3.20. The van der Waals surface area contributed by atoms with Gasteiger partial charge in [0.25, 0.3) is 5.91 Å². The topological polar surface area (TPSA) is 71.5 Å². The highest BCUT2D eigenvalue weighted by molar-refractivity contribution is 7.09. The Bertz CT molecular complexity index is 1500. The van der Waals surface area contributed by atoms with Crippen molar-refractivity contribution in [2.45, 2.75) is 39.8 Å². The molecule has 1 aliphatic rings. The molecule has 0 saturated heterocycles. The molecular weight excluding hydrogens is 513 g/mol. The number of fused-ring (bicyclic) bond motifs is 1. The van der Waals surface area contributed by atoms with Crippen LogP contribution < -0.4 is 10.1 Å². The highest BCUT2D eigenvalue weighted by Crippen LogP contribution is 2.39. The highest BCUT2D eigenvalue weighted by atomic mass is 32.1. The molecule has 2 heterocycles. The summed E-state index contributed by atoms with van der Waals surface area (Å²) in [7, 11) is 0. The minimum Gasteiger partial charge on any atom is -0.486 e. The molecule has 0 bridgehead atoms. The molecule has 1 N–H and O–H groups in total. The molecule has 1 aromatic heterocycles. The van der Waals surface area contributed by atoms with Gasteiger partial charge >= 0.3 is 0 Å². The van der Waals surface area contributed by atoms with Crippen LogP contribution in [0.1, 0.15) is 59.0 Å². The first-order valence-electron chi connectivity index (χ1n) is 12.8. The number of anilines is 1. The van der Waals surface area contributed by atoms with E-state index in [1.807, 2.05) is 80.3 Å². The van der Waals surface area contributed by atoms with Gasteiger partial charge in [0.1, 0.15) is 28.9 Å². The molecule has 1 atom stereocenters. The SMILES string of the molecule is CC(C)(C)C(=O)N1CCc2ccc(OCc3nc(C(=O)Nc4ccccc4)cs3)cc2[C@H]1c1cccc(F)c1. The Morgan fingerprint density at radius 3 is 2.62 bits per heavy atom. The lowest BCUT2D eigenvalue weighted by Crippen LogP contribution is -2.45. The number of hydrogen-bond donors (Lipinski definition) is 1. The predicted octanol–water partition coefficient (Wildman–Crippen LogP) is 6.63. The lowest BCUT2D eigenvalue weighted by molar-refractivity contribution is -0.141. The Morgan fingerprint density at radius 1 is 1.08 bits per heavy atom. The van der Waals surface area contributed by atoms with Gasteiger partial charge in [-0.2, -0.15) is 0 Å². The van der Waals surface area contributed by atoms with Crippen LogP contribution in [0.2, 0.25) is 0 Å². The van der Waals surface area contributed by atoms with Gasteiger partial charge in [-0.25, -0.2) is 9.37 Å². The molecule has 4 aromatic rings. The molecule has 0 fully saturated rings. The normalized spacial score (nSPS) is 15.0. The number of amides is 2. The van der Waals surface area contributed by atoms with Crippen LogP contribution >= 0.6 is 11.3 Å². The second-order valence-electron chi connectivity index (χ2n) is 10.6. The number of rotatable bonds is 6. The largest absolute Gasteiger partial charge is 0.486 e. The smallest absolute Gasteiger partial charge is 0.275 e. The van der Waals surface area contributed by atoms with E-state index in [2.05, 4.69) is 10.3 Å². The number of carbonyl (C=O) groups excluding carboxylic acids is 2. The number of ether oxygens (including phenoxy) is 1. The fraction of sp³-hybridized carbons (Fsp3) is 0.258. The van der Waals surface area contributed by atoms with Crippen LogP contribution in [0.4, 0.5) is 10.1 Å². The van der Waals surface area contributed by atoms with Crippen LogP contribution in [-0.4, -0.2) is 28.2 Å². The maximum Gasteiger partial charge on any atom is 0.275 e. The first kappa shape index (κ1) is 26.6. The third-order valence-corrected chi connectivity index (χ3v) is 7.41. The van der Waals surface area contributed by atoms with Crippen LogP contribution in [0.3, 0.4) is 0 Å². The van der Waals surface area contributed by atoms with Crippen molar-refractivity contribution in [1.82, 2.24) is 9.88 Å². The molecule has 3 aromatic carbocycles. The van der Waals surface area contributed by atoms with E-state index in [9.17, 15) is 14.0 Å². The molecule has 5 rings (SSSR count). The fourth-order valence-electron chi connectivity index (χ4n) is 4.71.